The maximum atomic E-state index is 13.3. The van der Waals surface area contributed by atoms with Crippen LogP contribution in [0.4, 0.5) is 4.39 Å². The van der Waals surface area contributed by atoms with Crippen LogP contribution in [0.2, 0.25) is 0 Å². The Hall–Kier alpha value is -2.92. The van der Waals surface area contributed by atoms with Crippen molar-refractivity contribution in [2.24, 2.45) is 0 Å². The highest BCUT2D eigenvalue weighted by Crippen LogP contribution is 2.11. The van der Waals surface area contributed by atoms with Gasteiger partial charge in [0.15, 0.2) is 0 Å². The van der Waals surface area contributed by atoms with Gasteiger partial charge in [-0.05, 0) is 36.8 Å². The number of hydrogen-bond acceptors (Lipinski definition) is 3. The van der Waals surface area contributed by atoms with Gasteiger partial charge >= 0.3 is 0 Å². The summed E-state index contributed by atoms with van der Waals surface area (Å²) in [5, 5.41) is 17.7. The van der Waals surface area contributed by atoms with Gasteiger partial charge in [0.25, 0.3) is 5.56 Å². The fourth-order valence-corrected chi connectivity index (χ4v) is 1.89. The summed E-state index contributed by atoms with van der Waals surface area (Å²) in [6, 6.07) is 10.9. The minimum Gasteiger partial charge on any atom is -0.307 e. The molecule has 0 spiro atoms. The van der Waals surface area contributed by atoms with Crippen LogP contribution in [-0.2, 0) is 6.54 Å². The first-order valence-corrected chi connectivity index (χ1v) is 5.86. The van der Waals surface area contributed by atoms with E-state index < -0.39 is 11.4 Å². The molecule has 0 atom stereocenters. The molecule has 98 valence electrons. The fourth-order valence-electron chi connectivity index (χ4n) is 1.89. The Balaban J connectivity index is 2.49. The van der Waals surface area contributed by atoms with E-state index in [-0.39, 0.29) is 17.7 Å². The highest BCUT2D eigenvalue weighted by atomic mass is 19.1. The largest absolute Gasteiger partial charge is 0.307 e. The van der Waals surface area contributed by atoms with Crippen molar-refractivity contribution in [2.45, 2.75) is 13.5 Å². The van der Waals surface area contributed by atoms with E-state index in [1.54, 1.807) is 19.1 Å². The van der Waals surface area contributed by atoms with Crippen LogP contribution in [0.1, 0.15) is 22.4 Å². The molecule has 0 radical (unpaired) electrons. The van der Waals surface area contributed by atoms with Crippen molar-refractivity contribution in [2.75, 3.05) is 0 Å². The van der Waals surface area contributed by atoms with E-state index in [0.29, 0.717) is 11.3 Å². The minimum absolute atomic E-state index is 0.0539. The average Bonchev–Trinajstić information content (AvgIpc) is 2.45. The summed E-state index contributed by atoms with van der Waals surface area (Å²) in [4.78, 5) is 12.0. The lowest BCUT2D eigenvalue weighted by Gasteiger charge is -2.10. The van der Waals surface area contributed by atoms with Crippen molar-refractivity contribution in [3.63, 3.8) is 0 Å². The molecule has 0 amide bonds. The van der Waals surface area contributed by atoms with Gasteiger partial charge in [0.1, 0.15) is 23.5 Å². The molecule has 0 unspecified atom stereocenters. The van der Waals surface area contributed by atoms with Crippen molar-refractivity contribution in [1.29, 1.82) is 10.5 Å². The number of hydrogen-bond donors (Lipinski definition) is 0. The molecule has 0 saturated carbocycles. The molecule has 0 aliphatic rings. The molecule has 2 rings (SSSR count). The Morgan fingerprint density at radius 2 is 1.85 bits per heavy atom. The smallest absolute Gasteiger partial charge is 0.268 e. The molecule has 0 bridgehead atoms. The van der Waals surface area contributed by atoms with E-state index in [4.69, 9.17) is 10.5 Å². The van der Waals surface area contributed by atoms with Gasteiger partial charge < -0.3 is 4.57 Å². The third kappa shape index (κ3) is 2.43. The summed E-state index contributed by atoms with van der Waals surface area (Å²) in [6.45, 7) is 1.94. The molecule has 0 aliphatic carbocycles. The van der Waals surface area contributed by atoms with Gasteiger partial charge in [-0.15, -0.1) is 0 Å². The van der Waals surface area contributed by atoms with Crippen LogP contribution >= 0.6 is 0 Å². The Labute approximate surface area is 114 Å². The van der Waals surface area contributed by atoms with E-state index in [2.05, 4.69) is 0 Å². The van der Waals surface area contributed by atoms with E-state index in [1.165, 1.54) is 28.8 Å². The summed E-state index contributed by atoms with van der Waals surface area (Å²) in [5.41, 5.74) is 0.915. The zero-order chi connectivity index (χ0) is 14.7. The molecule has 0 N–H and O–H groups in total. The number of aromatic nitrogens is 1. The molecule has 1 aromatic carbocycles. The predicted octanol–water partition coefficient (Wildman–Crippen LogP) is 2.09. The summed E-state index contributed by atoms with van der Waals surface area (Å²) < 4.78 is 14.7. The second-order valence-corrected chi connectivity index (χ2v) is 4.32. The lowest BCUT2D eigenvalue weighted by Crippen LogP contribution is -2.24. The van der Waals surface area contributed by atoms with Crippen LogP contribution in [0.15, 0.2) is 35.1 Å². The number of rotatable bonds is 2. The van der Waals surface area contributed by atoms with Crippen LogP contribution < -0.4 is 5.56 Å². The molecule has 1 aromatic heterocycles. The topological polar surface area (TPSA) is 69.6 Å². The number of nitriles is 2. The number of pyridine rings is 1. The Bertz CT molecular complexity index is 809. The first-order chi connectivity index (χ1) is 9.56. The highest BCUT2D eigenvalue weighted by molar-refractivity contribution is 5.35. The van der Waals surface area contributed by atoms with Crippen molar-refractivity contribution < 1.29 is 4.39 Å². The molecule has 2 aromatic rings. The van der Waals surface area contributed by atoms with E-state index in [0.717, 1.165) is 0 Å². The molecule has 0 aliphatic heterocycles. The maximum absolute atomic E-state index is 13.3. The second-order valence-electron chi connectivity index (χ2n) is 4.32. The van der Waals surface area contributed by atoms with Crippen molar-refractivity contribution in [3.05, 3.63) is 68.9 Å². The van der Waals surface area contributed by atoms with Gasteiger partial charge in [-0.3, -0.25) is 4.79 Å². The van der Waals surface area contributed by atoms with E-state index >= 15 is 0 Å². The first kappa shape index (κ1) is 13.5. The summed E-state index contributed by atoms with van der Waals surface area (Å²) in [7, 11) is 0. The molecule has 5 heteroatoms. The van der Waals surface area contributed by atoms with Gasteiger partial charge in [0, 0.05) is 5.69 Å². The van der Waals surface area contributed by atoms with Crippen molar-refractivity contribution >= 4 is 0 Å². The third-order valence-electron chi connectivity index (χ3n) is 3.00. The van der Waals surface area contributed by atoms with Gasteiger partial charge in [-0.2, -0.15) is 10.5 Å². The molecule has 1 heterocycles. The van der Waals surface area contributed by atoms with Gasteiger partial charge in [-0.1, -0.05) is 6.07 Å². The van der Waals surface area contributed by atoms with Crippen molar-refractivity contribution in [3.8, 4) is 12.1 Å². The fraction of sp³-hybridized carbons (Fsp3) is 0.133. The normalized spacial score (nSPS) is 9.80. The van der Waals surface area contributed by atoms with Crippen LogP contribution in [0.25, 0.3) is 0 Å². The average molecular weight is 267 g/mol. The lowest BCUT2D eigenvalue weighted by atomic mass is 10.1. The molecular weight excluding hydrogens is 257 g/mol. The van der Waals surface area contributed by atoms with Crippen LogP contribution in [-0.4, -0.2) is 4.57 Å². The van der Waals surface area contributed by atoms with Gasteiger partial charge in [-0.25, -0.2) is 4.39 Å². The second kappa shape index (κ2) is 5.38. The van der Waals surface area contributed by atoms with Gasteiger partial charge in [0.05, 0.1) is 12.1 Å². The summed E-state index contributed by atoms with van der Waals surface area (Å²) in [5.74, 6) is -0.592. The lowest BCUT2D eigenvalue weighted by molar-refractivity contribution is 0.621. The maximum Gasteiger partial charge on any atom is 0.268 e. The molecule has 0 saturated heterocycles. The van der Waals surface area contributed by atoms with Crippen LogP contribution in [0.3, 0.4) is 0 Å². The van der Waals surface area contributed by atoms with E-state index in [1.807, 2.05) is 6.07 Å². The SMILES string of the molecule is Cc1ccc(C#N)c(=O)n1Cc1ccc(F)c(C#N)c1. The first-order valence-electron chi connectivity index (χ1n) is 5.86. The highest BCUT2D eigenvalue weighted by Gasteiger charge is 2.08. The Morgan fingerprint density at radius 3 is 2.50 bits per heavy atom. The molecule has 20 heavy (non-hydrogen) atoms. The van der Waals surface area contributed by atoms with Crippen LogP contribution in [0.5, 0.6) is 0 Å². The van der Waals surface area contributed by atoms with Crippen LogP contribution in [0, 0.1) is 35.4 Å². The summed E-state index contributed by atoms with van der Waals surface area (Å²) in [6.07, 6.45) is 0. The predicted molar refractivity (Wildman–Crippen MR) is 70.4 cm³/mol. The Kier molecular flexibility index (Phi) is 3.63. The molecule has 0 fully saturated rings. The zero-order valence-electron chi connectivity index (χ0n) is 10.7. The standard InChI is InChI=1S/C15H10FN3O/c1-10-2-4-12(7-17)15(20)19(10)9-11-3-5-14(16)13(6-11)8-18/h2-6H,9H2,1H3. The zero-order valence-corrected chi connectivity index (χ0v) is 10.7. The summed E-state index contributed by atoms with van der Waals surface area (Å²) >= 11 is 0. The van der Waals surface area contributed by atoms with Crippen molar-refractivity contribution in [1.82, 2.24) is 4.57 Å². The Morgan fingerprint density at radius 1 is 1.15 bits per heavy atom. The third-order valence-corrected chi connectivity index (χ3v) is 3.00. The number of aryl methyl sites for hydroxylation is 1. The van der Waals surface area contributed by atoms with E-state index in [9.17, 15) is 9.18 Å². The minimum atomic E-state index is -0.592. The van der Waals surface area contributed by atoms with Gasteiger partial charge in [0.2, 0.25) is 0 Å². The number of halogens is 1. The number of benzene rings is 1. The number of nitrogens with zero attached hydrogens (tertiary/aromatic N) is 3. The molecule has 4 nitrogen and oxygen atoms in total. The quantitative estimate of drug-likeness (QED) is 0.836. The monoisotopic (exact) mass is 267 g/mol. The molecular formula is C15H10FN3O.